The second kappa shape index (κ2) is 5.81. The van der Waals surface area contributed by atoms with Crippen molar-refractivity contribution in [3.63, 3.8) is 0 Å². The SMILES string of the molecule is Oc1ccc(SCc2nc3ccc(-n4ccnc4)cc3[nH]2)cc1. The number of aromatic hydroxyl groups is 1. The number of benzene rings is 2. The fourth-order valence-electron chi connectivity index (χ4n) is 2.39. The van der Waals surface area contributed by atoms with Crippen molar-refractivity contribution < 1.29 is 5.11 Å². The summed E-state index contributed by atoms with van der Waals surface area (Å²) in [5.41, 5.74) is 3.02. The average Bonchev–Trinajstić information content (AvgIpc) is 3.23. The third-order valence-electron chi connectivity index (χ3n) is 3.53. The summed E-state index contributed by atoms with van der Waals surface area (Å²) < 4.78 is 1.96. The van der Waals surface area contributed by atoms with Crippen molar-refractivity contribution in [2.24, 2.45) is 0 Å². The molecule has 0 aliphatic heterocycles. The van der Waals surface area contributed by atoms with Gasteiger partial charge in [-0.05, 0) is 42.5 Å². The summed E-state index contributed by atoms with van der Waals surface area (Å²) in [6.07, 6.45) is 5.45. The fourth-order valence-corrected chi connectivity index (χ4v) is 3.15. The summed E-state index contributed by atoms with van der Waals surface area (Å²) in [5.74, 6) is 1.96. The monoisotopic (exact) mass is 322 g/mol. The van der Waals surface area contributed by atoms with E-state index in [1.807, 2.05) is 35.0 Å². The number of thioether (sulfide) groups is 1. The van der Waals surface area contributed by atoms with Crippen LogP contribution < -0.4 is 0 Å². The molecule has 0 unspecified atom stereocenters. The minimum Gasteiger partial charge on any atom is -0.508 e. The van der Waals surface area contributed by atoms with Gasteiger partial charge >= 0.3 is 0 Å². The molecule has 0 radical (unpaired) electrons. The number of hydrogen-bond donors (Lipinski definition) is 2. The third-order valence-corrected chi connectivity index (χ3v) is 4.55. The quantitative estimate of drug-likeness (QED) is 0.562. The second-order valence-electron chi connectivity index (χ2n) is 5.14. The van der Waals surface area contributed by atoms with E-state index in [0.717, 1.165) is 33.2 Å². The van der Waals surface area contributed by atoms with Crippen LogP contribution in [0.4, 0.5) is 0 Å². The highest BCUT2D eigenvalue weighted by atomic mass is 32.2. The van der Waals surface area contributed by atoms with E-state index in [0.29, 0.717) is 0 Å². The van der Waals surface area contributed by atoms with Crippen LogP contribution >= 0.6 is 11.8 Å². The number of aromatic amines is 1. The van der Waals surface area contributed by atoms with Gasteiger partial charge in [-0.25, -0.2) is 9.97 Å². The van der Waals surface area contributed by atoms with Crippen LogP contribution in [0.1, 0.15) is 5.82 Å². The number of hydrogen-bond acceptors (Lipinski definition) is 4. The molecule has 4 aromatic rings. The van der Waals surface area contributed by atoms with Gasteiger partial charge in [-0.15, -0.1) is 11.8 Å². The molecule has 0 bridgehead atoms. The molecule has 0 saturated heterocycles. The van der Waals surface area contributed by atoms with Crippen LogP contribution in [0.25, 0.3) is 16.7 Å². The molecule has 5 nitrogen and oxygen atoms in total. The molecule has 0 amide bonds. The van der Waals surface area contributed by atoms with E-state index in [-0.39, 0.29) is 5.75 Å². The first kappa shape index (κ1) is 13.9. The lowest BCUT2D eigenvalue weighted by Crippen LogP contribution is -1.88. The summed E-state index contributed by atoms with van der Waals surface area (Å²) in [7, 11) is 0. The van der Waals surface area contributed by atoms with Crippen molar-refractivity contribution in [2.75, 3.05) is 0 Å². The number of imidazole rings is 2. The predicted octanol–water partition coefficient (Wildman–Crippen LogP) is 3.75. The highest BCUT2D eigenvalue weighted by Crippen LogP contribution is 2.25. The number of rotatable bonds is 4. The van der Waals surface area contributed by atoms with E-state index >= 15 is 0 Å². The maximum Gasteiger partial charge on any atom is 0.117 e. The Hall–Kier alpha value is -2.73. The van der Waals surface area contributed by atoms with Crippen LogP contribution in [-0.4, -0.2) is 24.6 Å². The molecule has 4 rings (SSSR count). The van der Waals surface area contributed by atoms with Crippen LogP contribution in [0, 0.1) is 0 Å². The maximum absolute atomic E-state index is 9.31. The molecule has 0 fully saturated rings. The summed E-state index contributed by atoms with van der Waals surface area (Å²) in [6.45, 7) is 0. The van der Waals surface area contributed by atoms with Gasteiger partial charge in [0.25, 0.3) is 0 Å². The molecule has 6 heteroatoms. The van der Waals surface area contributed by atoms with E-state index in [4.69, 9.17) is 0 Å². The normalized spacial score (nSPS) is 11.1. The Morgan fingerprint density at radius 1 is 1.13 bits per heavy atom. The van der Waals surface area contributed by atoms with E-state index < -0.39 is 0 Å². The number of nitrogens with one attached hydrogen (secondary N) is 1. The molecule has 2 aromatic heterocycles. The summed E-state index contributed by atoms with van der Waals surface area (Å²) in [6, 6.07) is 13.3. The first-order valence-corrected chi connectivity index (χ1v) is 8.15. The Labute approximate surface area is 137 Å². The van der Waals surface area contributed by atoms with Crippen molar-refractivity contribution >= 4 is 22.8 Å². The van der Waals surface area contributed by atoms with Gasteiger partial charge in [0.15, 0.2) is 0 Å². The van der Waals surface area contributed by atoms with Crippen molar-refractivity contribution in [2.45, 2.75) is 10.6 Å². The molecular weight excluding hydrogens is 308 g/mol. The standard InChI is InChI=1S/C17H14N4OS/c22-13-2-4-14(5-3-13)23-10-17-19-15-6-1-12(9-16(15)20-17)21-8-7-18-11-21/h1-9,11,22H,10H2,(H,19,20). The maximum atomic E-state index is 9.31. The van der Waals surface area contributed by atoms with Crippen molar-refractivity contribution in [1.82, 2.24) is 19.5 Å². The highest BCUT2D eigenvalue weighted by molar-refractivity contribution is 7.98. The van der Waals surface area contributed by atoms with Gasteiger partial charge in [0.05, 0.1) is 23.1 Å². The van der Waals surface area contributed by atoms with E-state index in [1.54, 1.807) is 36.4 Å². The number of fused-ring (bicyclic) bond motifs is 1. The summed E-state index contributed by atoms with van der Waals surface area (Å²) in [5, 5.41) is 9.31. The number of phenols is 1. The van der Waals surface area contributed by atoms with Crippen LogP contribution in [0.15, 0.2) is 66.1 Å². The molecule has 2 heterocycles. The zero-order chi connectivity index (χ0) is 15.6. The lowest BCUT2D eigenvalue weighted by atomic mass is 10.3. The minimum atomic E-state index is 0.283. The zero-order valence-electron chi connectivity index (χ0n) is 12.2. The van der Waals surface area contributed by atoms with Gasteiger partial charge in [-0.1, -0.05) is 0 Å². The molecule has 2 aromatic carbocycles. The Kier molecular flexibility index (Phi) is 3.51. The fraction of sp³-hybridized carbons (Fsp3) is 0.0588. The van der Waals surface area contributed by atoms with Crippen LogP contribution in [0.5, 0.6) is 5.75 Å². The number of aromatic nitrogens is 4. The first-order valence-electron chi connectivity index (χ1n) is 7.17. The van der Waals surface area contributed by atoms with Gasteiger partial charge in [0.2, 0.25) is 0 Å². The van der Waals surface area contributed by atoms with Crippen molar-refractivity contribution in [3.8, 4) is 11.4 Å². The molecular formula is C17H14N4OS. The highest BCUT2D eigenvalue weighted by Gasteiger charge is 2.05. The van der Waals surface area contributed by atoms with Crippen LogP contribution in [0.2, 0.25) is 0 Å². The Balaban J connectivity index is 1.55. The average molecular weight is 322 g/mol. The van der Waals surface area contributed by atoms with Crippen molar-refractivity contribution in [3.05, 3.63) is 67.0 Å². The summed E-state index contributed by atoms with van der Waals surface area (Å²) >= 11 is 1.68. The Bertz CT molecular complexity index is 929. The smallest absolute Gasteiger partial charge is 0.117 e. The first-order chi connectivity index (χ1) is 11.3. The Morgan fingerprint density at radius 2 is 2.00 bits per heavy atom. The Morgan fingerprint density at radius 3 is 2.78 bits per heavy atom. The third kappa shape index (κ3) is 2.93. The molecule has 0 saturated carbocycles. The molecule has 0 aliphatic rings. The zero-order valence-corrected chi connectivity index (χ0v) is 13.0. The van der Waals surface area contributed by atoms with Gasteiger partial charge in [-0.2, -0.15) is 0 Å². The van der Waals surface area contributed by atoms with Crippen LogP contribution in [-0.2, 0) is 5.75 Å². The topological polar surface area (TPSA) is 66.7 Å². The number of H-pyrrole nitrogens is 1. The molecule has 2 N–H and O–H groups in total. The van der Waals surface area contributed by atoms with E-state index in [2.05, 4.69) is 21.0 Å². The van der Waals surface area contributed by atoms with E-state index in [9.17, 15) is 5.11 Å². The predicted molar refractivity (Wildman–Crippen MR) is 90.9 cm³/mol. The van der Waals surface area contributed by atoms with Gasteiger partial charge < -0.3 is 14.7 Å². The van der Waals surface area contributed by atoms with Gasteiger partial charge in [-0.3, -0.25) is 0 Å². The molecule has 114 valence electrons. The number of phenolic OH excluding ortho intramolecular Hbond substituents is 1. The molecule has 23 heavy (non-hydrogen) atoms. The lowest BCUT2D eigenvalue weighted by molar-refractivity contribution is 0.475. The van der Waals surface area contributed by atoms with Gasteiger partial charge in [0, 0.05) is 23.0 Å². The van der Waals surface area contributed by atoms with Crippen LogP contribution in [0.3, 0.4) is 0 Å². The lowest BCUT2D eigenvalue weighted by Gasteiger charge is -2.00. The largest absolute Gasteiger partial charge is 0.508 e. The number of nitrogens with zero attached hydrogens (tertiary/aromatic N) is 3. The van der Waals surface area contributed by atoms with Gasteiger partial charge in [0.1, 0.15) is 11.6 Å². The van der Waals surface area contributed by atoms with Crippen molar-refractivity contribution in [1.29, 1.82) is 0 Å². The molecule has 0 spiro atoms. The summed E-state index contributed by atoms with van der Waals surface area (Å²) in [4.78, 5) is 13.2. The second-order valence-corrected chi connectivity index (χ2v) is 6.19. The molecule has 0 atom stereocenters. The molecule has 0 aliphatic carbocycles. The van der Waals surface area contributed by atoms with E-state index in [1.165, 1.54) is 0 Å². The minimum absolute atomic E-state index is 0.283.